The Hall–Kier alpha value is -0.206. The third-order valence-electron chi connectivity index (χ3n) is 10.2. The van der Waals surface area contributed by atoms with E-state index in [1.165, 1.54) is 12.8 Å². The summed E-state index contributed by atoms with van der Waals surface area (Å²) in [6.07, 6.45) is 10.1. The van der Waals surface area contributed by atoms with Gasteiger partial charge in [-0.15, -0.1) is 0 Å². The first-order valence-corrected chi connectivity index (χ1v) is 20.4. The van der Waals surface area contributed by atoms with E-state index in [0.717, 1.165) is 24.8 Å². The minimum Gasteiger partial charge on any atom is -0.413 e. The van der Waals surface area contributed by atoms with Crippen LogP contribution in [0.2, 0.25) is 36.3 Å². The average molecular weight is 537 g/mol. The van der Waals surface area contributed by atoms with Crippen molar-refractivity contribution in [1.29, 1.82) is 0 Å². The highest BCUT2D eigenvalue weighted by molar-refractivity contribution is 6.74. The van der Waals surface area contributed by atoms with Crippen LogP contribution in [0.15, 0.2) is 24.3 Å². The number of aliphatic hydroxyl groups excluding tert-OH is 1. The molecule has 0 aliphatic heterocycles. The van der Waals surface area contributed by atoms with Crippen molar-refractivity contribution < 1.29 is 14.0 Å². The quantitative estimate of drug-likeness (QED) is 0.223. The fourth-order valence-electron chi connectivity index (χ4n) is 5.44. The van der Waals surface area contributed by atoms with E-state index in [4.69, 9.17) is 8.85 Å². The van der Waals surface area contributed by atoms with Crippen molar-refractivity contribution >= 4 is 16.6 Å². The molecular weight excluding hydrogens is 477 g/mol. The van der Waals surface area contributed by atoms with Crippen LogP contribution in [-0.2, 0) is 8.85 Å². The van der Waals surface area contributed by atoms with E-state index in [0.29, 0.717) is 11.8 Å². The number of fused-ring (bicyclic) bond motifs is 1. The molecule has 3 nitrogen and oxygen atoms in total. The molecular formula is C31H60O3Si2. The largest absolute Gasteiger partial charge is 0.413 e. The maximum atomic E-state index is 10.9. The lowest BCUT2D eigenvalue weighted by Crippen LogP contribution is -2.47. The van der Waals surface area contributed by atoms with Crippen molar-refractivity contribution in [3.05, 3.63) is 24.3 Å². The molecule has 0 heterocycles. The molecule has 2 rings (SSSR count). The highest BCUT2D eigenvalue weighted by atomic mass is 28.4. The van der Waals surface area contributed by atoms with Crippen molar-refractivity contribution in [2.24, 2.45) is 23.2 Å². The van der Waals surface area contributed by atoms with Gasteiger partial charge in [0.1, 0.15) is 0 Å². The monoisotopic (exact) mass is 536 g/mol. The molecule has 0 aromatic heterocycles. The van der Waals surface area contributed by atoms with Crippen LogP contribution >= 0.6 is 0 Å². The Morgan fingerprint density at radius 2 is 1.53 bits per heavy atom. The molecule has 210 valence electrons. The molecule has 2 aliphatic rings. The maximum absolute atomic E-state index is 10.9. The third-order valence-corrected chi connectivity index (χ3v) is 19.2. The lowest BCUT2D eigenvalue weighted by Gasteiger charge is -2.44. The summed E-state index contributed by atoms with van der Waals surface area (Å²) in [6.45, 7) is 34.6. The molecule has 2 saturated carbocycles. The third kappa shape index (κ3) is 7.05. The Morgan fingerprint density at radius 3 is 2.03 bits per heavy atom. The fraction of sp³-hybridized carbons (Fsp3) is 0.871. The summed E-state index contributed by atoms with van der Waals surface area (Å²) < 4.78 is 14.2. The zero-order chi connectivity index (χ0) is 27.9. The molecule has 0 radical (unpaired) electrons. The molecule has 2 fully saturated rings. The van der Waals surface area contributed by atoms with Gasteiger partial charge in [-0.2, -0.15) is 0 Å². The predicted molar refractivity (Wildman–Crippen MR) is 161 cm³/mol. The topological polar surface area (TPSA) is 38.7 Å². The second kappa shape index (κ2) is 11.1. The van der Waals surface area contributed by atoms with Gasteiger partial charge >= 0.3 is 0 Å². The number of hydrogen-bond donors (Lipinski definition) is 1. The molecule has 0 aromatic carbocycles. The van der Waals surface area contributed by atoms with Gasteiger partial charge in [0, 0.05) is 5.92 Å². The van der Waals surface area contributed by atoms with Gasteiger partial charge < -0.3 is 14.0 Å². The predicted octanol–water partition coefficient (Wildman–Crippen LogP) is 9.11. The van der Waals surface area contributed by atoms with Crippen LogP contribution in [0, 0.1) is 23.2 Å². The van der Waals surface area contributed by atoms with Crippen LogP contribution in [0.4, 0.5) is 0 Å². The Morgan fingerprint density at radius 1 is 0.972 bits per heavy atom. The van der Waals surface area contributed by atoms with Crippen molar-refractivity contribution in [3.63, 3.8) is 0 Å². The highest BCUT2D eigenvalue weighted by Crippen LogP contribution is 2.53. The molecule has 1 N–H and O–H groups in total. The summed E-state index contributed by atoms with van der Waals surface area (Å²) in [5, 5.41) is 11.3. The van der Waals surface area contributed by atoms with Crippen molar-refractivity contribution in [1.82, 2.24) is 0 Å². The standard InChI is InChI=1S/C31H60O3Si2/c1-15-16-19-31(9,10)27(34-36(13,14)30(6,7)8)18-17-23-24-20-22(2)28(32)25(24)21-26(23)33-35(11,12)29(3,4)5/h17-18,23-28,32H,2,15-16,19-21H2,1,3-14H3/b18-17+/t23-,24-,25-,26+,27?,28?/m0/s1. The van der Waals surface area contributed by atoms with E-state index in [1.54, 1.807) is 0 Å². The second-order valence-electron chi connectivity index (χ2n) is 15.6. The fourth-order valence-corrected chi connectivity index (χ4v) is 8.19. The summed E-state index contributed by atoms with van der Waals surface area (Å²) >= 11 is 0. The van der Waals surface area contributed by atoms with E-state index < -0.39 is 16.6 Å². The number of hydrogen-bond acceptors (Lipinski definition) is 3. The van der Waals surface area contributed by atoms with Crippen LogP contribution < -0.4 is 0 Å². The van der Waals surface area contributed by atoms with Crippen LogP contribution in [0.25, 0.3) is 0 Å². The zero-order valence-corrected chi connectivity index (χ0v) is 28.1. The van der Waals surface area contributed by atoms with Crippen LogP contribution in [0.1, 0.15) is 94.4 Å². The van der Waals surface area contributed by atoms with Gasteiger partial charge in [-0.25, -0.2) is 0 Å². The van der Waals surface area contributed by atoms with Gasteiger partial charge in [0.15, 0.2) is 16.6 Å². The maximum Gasteiger partial charge on any atom is 0.192 e. The Kier molecular flexibility index (Phi) is 9.88. The SMILES string of the molecule is C=C1C[C@H]2[C@H](/C=C/C(O[Si](C)(C)C(C)(C)C)C(C)(C)CCCC)[C@H](O[Si](C)(C)C(C)(C)C)C[C@@H]2C1O. The second-order valence-corrected chi connectivity index (χ2v) is 25.2. The lowest BCUT2D eigenvalue weighted by atomic mass is 9.80. The summed E-state index contributed by atoms with van der Waals surface area (Å²) in [6, 6.07) is 0. The van der Waals surface area contributed by atoms with Gasteiger partial charge in [-0.1, -0.05) is 93.9 Å². The minimum absolute atomic E-state index is 0.0641. The molecule has 36 heavy (non-hydrogen) atoms. The normalized spacial score (nSPS) is 29.3. The van der Waals surface area contributed by atoms with E-state index >= 15 is 0 Å². The molecule has 6 atom stereocenters. The first kappa shape index (κ1) is 32.0. The van der Waals surface area contributed by atoms with Gasteiger partial charge in [-0.05, 0) is 78.4 Å². The molecule has 0 saturated heterocycles. The number of rotatable bonds is 10. The molecule has 0 aromatic rings. The molecule has 5 heteroatoms. The molecule has 0 amide bonds. The van der Waals surface area contributed by atoms with E-state index in [9.17, 15) is 5.11 Å². The van der Waals surface area contributed by atoms with Gasteiger partial charge in [0.05, 0.1) is 18.3 Å². The minimum atomic E-state index is -1.95. The number of unbranched alkanes of at least 4 members (excludes halogenated alkanes) is 1. The molecule has 2 aliphatic carbocycles. The summed E-state index contributed by atoms with van der Waals surface area (Å²) in [5.74, 6) is 0.964. The average Bonchev–Trinajstić information content (AvgIpc) is 3.16. The zero-order valence-electron chi connectivity index (χ0n) is 26.1. The van der Waals surface area contributed by atoms with Crippen molar-refractivity contribution in [2.45, 2.75) is 149 Å². The van der Waals surface area contributed by atoms with Gasteiger partial charge in [0.2, 0.25) is 0 Å². The van der Waals surface area contributed by atoms with Gasteiger partial charge in [-0.3, -0.25) is 0 Å². The molecule has 2 unspecified atom stereocenters. The van der Waals surface area contributed by atoms with Crippen LogP contribution in [0.5, 0.6) is 0 Å². The van der Waals surface area contributed by atoms with Crippen molar-refractivity contribution in [3.8, 4) is 0 Å². The van der Waals surface area contributed by atoms with E-state index in [-0.39, 0.29) is 39.7 Å². The summed E-state index contributed by atoms with van der Waals surface area (Å²) in [7, 11) is -3.89. The van der Waals surface area contributed by atoms with Crippen LogP contribution in [-0.4, -0.2) is 40.1 Å². The Labute approximate surface area is 226 Å². The summed E-state index contributed by atoms with van der Waals surface area (Å²) in [5.41, 5.74) is 1.07. The lowest BCUT2D eigenvalue weighted by molar-refractivity contribution is 0.0881. The highest BCUT2D eigenvalue weighted by Gasteiger charge is 2.53. The summed E-state index contributed by atoms with van der Waals surface area (Å²) in [4.78, 5) is 0. The Balaban J connectivity index is 2.43. The molecule has 0 spiro atoms. The van der Waals surface area contributed by atoms with Crippen LogP contribution in [0.3, 0.4) is 0 Å². The van der Waals surface area contributed by atoms with Crippen molar-refractivity contribution in [2.75, 3.05) is 0 Å². The van der Waals surface area contributed by atoms with Gasteiger partial charge in [0.25, 0.3) is 0 Å². The Bertz CT molecular complexity index is 785. The molecule has 0 bridgehead atoms. The van der Waals surface area contributed by atoms with E-state index in [2.05, 4.69) is 107 Å². The van der Waals surface area contributed by atoms with E-state index in [1.807, 2.05) is 0 Å². The number of aliphatic hydroxyl groups is 1. The smallest absolute Gasteiger partial charge is 0.192 e. The first-order valence-electron chi connectivity index (χ1n) is 14.5. The first-order chi connectivity index (χ1) is 16.1.